The van der Waals surface area contributed by atoms with E-state index >= 15 is 0 Å². The lowest BCUT2D eigenvalue weighted by Crippen LogP contribution is -2.50. The summed E-state index contributed by atoms with van der Waals surface area (Å²) < 4.78 is 76.4. The highest BCUT2D eigenvalue weighted by molar-refractivity contribution is 7.89. The molecule has 2 aromatic rings. The first-order valence-electron chi connectivity index (χ1n) is 9.26. The molecule has 1 aliphatic heterocycles. The van der Waals surface area contributed by atoms with Crippen molar-refractivity contribution in [2.24, 2.45) is 0 Å². The quantitative estimate of drug-likeness (QED) is 0.689. The zero-order valence-corrected chi connectivity index (χ0v) is 17.7. The van der Waals surface area contributed by atoms with Crippen LogP contribution in [0.2, 0.25) is 0 Å². The number of ether oxygens (including phenoxy) is 2. The number of hydrogen-bond donors (Lipinski definition) is 0. The summed E-state index contributed by atoms with van der Waals surface area (Å²) in [6.07, 6.45) is -4.56. The summed E-state index contributed by atoms with van der Waals surface area (Å²) in [6.45, 7) is 0.0714. The van der Waals surface area contributed by atoms with Crippen LogP contribution in [0, 0.1) is 0 Å². The molecule has 0 saturated carbocycles. The summed E-state index contributed by atoms with van der Waals surface area (Å²) in [5.41, 5.74) is -1.01. The molecule has 1 heterocycles. The van der Waals surface area contributed by atoms with Crippen LogP contribution >= 0.6 is 0 Å². The number of carbonyl (C=O) groups excluding carboxylic acids is 1. The maximum Gasteiger partial charge on any atom is 0.416 e. The van der Waals surface area contributed by atoms with Crippen molar-refractivity contribution in [2.75, 3.05) is 40.4 Å². The van der Waals surface area contributed by atoms with Crippen LogP contribution in [0.15, 0.2) is 47.4 Å². The van der Waals surface area contributed by atoms with Gasteiger partial charge in [0.05, 0.1) is 19.8 Å². The number of sulfonamides is 1. The lowest BCUT2D eigenvalue weighted by atomic mass is 10.1. The van der Waals surface area contributed by atoms with Gasteiger partial charge in [-0.05, 0) is 30.3 Å². The van der Waals surface area contributed by atoms with Crippen LogP contribution in [-0.2, 0) is 16.2 Å². The van der Waals surface area contributed by atoms with E-state index in [1.54, 1.807) is 6.07 Å². The number of hydrogen-bond acceptors (Lipinski definition) is 5. The summed E-state index contributed by atoms with van der Waals surface area (Å²) in [4.78, 5) is 13.9. The Morgan fingerprint density at radius 2 is 1.65 bits per heavy atom. The van der Waals surface area contributed by atoms with Crippen LogP contribution in [0.4, 0.5) is 13.2 Å². The molecule has 0 atom stereocenters. The Morgan fingerprint density at radius 1 is 0.968 bits per heavy atom. The average molecular weight is 458 g/mol. The molecule has 1 saturated heterocycles. The highest BCUT2D eigenvalue weighted by Crippen LogP contribution is 2.32. The minimum absolute atomic E-state index is 0.00655. The predicted octanol–water partition coefficient (Wildman–Crippen LogP) is 2.87. The Labute approximate surface area is 178 Å². The number of nitrogens with zero attached hydrogens (tertiary/aromatic N) is 2. The highest BCUT2D eigenvalue weighted by atomic mass is 32.2. The third-order valence-electron chi connectivity index (χ3n) is 4.95. The van der Waals surface area contributed by atoms with Gasteiger partial charge in [-0.25, -0.2) is 8.42 Å². The van der Waals surface area contributed by atoms with Gasteiger partial charge in [0.25, 0.3) is 5.91 Å². The second-order valence-corrected chi connectivity index (χ2v) is 8.70. The van der Waals surface area contributed by atoms with E-state index in [1.165, 1.54) is 47.7 Å². The first-order valence-corrected chi connectivity index (χ1v) is 10.7. The van der Waals surface area contributed by atoms with E-state index in [0.717, 1.165) is 12.1 Å². The molecule has 31 heavy (non-hydrogen) atoms. The molecular weight excluding hydrogens is 437 g/mol. The van der Waals surface area contributed by atoms with Gasteiger partial charge in [0.1, 0.15) is 16.4 Å². The molecule has 0 N–H and O–H groups in total. The van der Waals surface area contributed by atoms with Gasteiger partial charge in [-0.2, -0.15) is 17.5 Å². The summed E-state index contributed by atoms with van der Waals surface area (Å²) >= 11 is 0. The Morgan fingerprint density at radius 3 is 2.23 bits per heavy atom. The number of carbonyl (C=O) groups is 1. The molecule has 0 aliphatic carbocycles. The minimum atomic E-state index is -4.56. The molecule has 7 nitrogen and oxygen atoms in total. The Kier molecular flexibility index (Phi) is 6.46. The molecule has 11 heteroatoms. The monoisotopic (exact) mass is 458 g/mol. The number of methoxy groups -OCH3 is 2. The van der Waals surface area contributed by atoms with E-state index in [9.17, 15) is 26.4 Å². The van der Waals surface area contributed by atoms with E-state index < -0.39 is 27.7 Å². The van der Waals surface area contributed by atoms with Crippen molar-refractivity contribution in [3.8, 4) is 11.5 Å². The molecule has 0 bridgehead atoms. The van der Waals surface area contributed by atoms with Gasteiger partial charge in [-0.3, -0.25) is 4.79 Å². The lowest BCUT2D eigenvalue weighted by molar-refractivity contribution is -0.137. The first kappa shape index (κ1) is 22.9. The van der Waals surface area contributed by atoms with Gasteiger partial charge in [0.2, 0.25) is 10.0 Å². The van der Waals surface area contributed by atoms with Gasteiger partial charge in [-0.15, -0.1) is 0 Å². The summed E-state index contributed by atoms with van der Waals surface area (Å²) in [6, 6.07) is 8.58. The molecular formula is C20H21F3N2O5S. The fourth-order valence-corrected chi connectivity index (χ4v) is 4.86. The van der Waals surface area contributed by atoms with E-state index in [2.05, 4.69) is 0 Å². The number of benzene rings is 2. The van der Waals surface area contributed by atoms with Crippen LogP contribution in [0.25, 0.3) is 0 Å². The van der Waals surface area contributed by atoms with Crippen molar-refractivity contribution >= 4 is 15.9 Å². The Bertz CT molecular complexity index is 1060. The number of amides is 1. The number of rotatable bonds is 5. The lowest BCUT2D eigenvalue weighted by Gasteiger charge is -2.34. The van der Waals surface area contributed by atoms with E-state index in [1.807, 2.05) is 0 Å². The largest absolute Gasteiger partial charge is 0.497 e. The van der Waals surface area contributed by atoms with Crippen LogP contribution in [0.1, 0.15) is 15.9 Å². The molecule has 2 aromatic carbocycles. The van der Waals surface area contributed by atoms with E-state index in [4.69, 9.17) is 9.47 Å². The Balaban J connectivity index is 1.76. The van der Waals surface area contributed by atoms with Crippen molar-refractivity contribution < 1.29 is 35.9 Å². The van der Waals surface area contributed by atoms with E-state index in [0.29, 0.717) is 5.75 Å². The van der Waals surface area contributed by atoms with Crippen molar-refractivity contribution in [1.29, 1.82) is 0 Å². The van der Waals surface area contributed by atoms with Gasteiger partial charge in [0.15, 0.2) is 0 Å². The van der Waals surface area contributed by atoms with Crippen molar-refractivity contribution in [1.82, 2.24) is 9.21 Å². The molecule has 1 fully saturated rings. The van der Waals surface area contributed by atoms with Gasteiger partial charge in [0, 0.05) is 37.8 Å². The maximum absolute atomic E-state index is 13.1. The molecule has 3 rings (SSSR count). The molecule has 0 aromatic heterocycles. The molecule has 0 unspecified atom stereocenters. The van der Waals surface area contributed by atoms with Crippen molar-refractivity contribution in [3.05, 3.63) is 53.6 Å². The second kappa shape index (κ2) is 8.75. The normalized spacial score (nSPS) is 15.6. The van der Waals surface area contributed by atoms with Crippen molar-refractivity contribution in [2.45, 2.75) is 11.1 Å². The Hall–Kier alpha value is -2.79. The van der Waals surface area contributed by atoms with Crippen LogP contribution < -0.4 is 9.47 Å². The smallest absolute Gasteiger partial charge is 0.416 e. The van der Waals surface area contributed by atoms with Gasteiger partial charge < -0.3 is 14.4 Å². The van der Waals surface area contributed by atoms with Crippen LogP contribution in [-0.4, -0.2) is 63.9 Å². The van der Waals surface area contributed by atoms with Crippen LogP contribution in [0.5, 0.6) is 11.5 Å². The molecule has 1 amide bonds. The summed E-state index contributed by atoms with van der Waals surface area (Å²) in [5.74, 6) is -0.0804. The zero-order valence-electron chi connectivity index (χ0n) is 16.8. The predicted molar refractivity (Wildman–Crippen MR) is 106 cm³/mol. The maximum atomic E-state index is 13.1. The molecule has 168 valence electrons. The van der Waals surface area contributed by atoms with E-state index in [-0.39, 0.29) is 42.4 Å². The molecule has 0 radical (unpaired) electrons. The summed E-state index contributed by atoms with van der Waals surface area (Å²) in [7, 11) is -1.17. The number of piperazine rings is 1. The van der Waals surface area contributed by atoms with Gasteiger partial charge in [-0.1, -0.05) is 6.07 Å². The SMILES string of the molecule is COc1ccc(OC)c(S(=O)(=O)N2CCN(C(=O)c3cccc(C(F)(F)F)c3)CC2)c1. The third kappa shape index (κ3) is 4.77. The van der Waals surface area contributed by atoms with Crippen LogP contribution in [0.3, 0.4) is 0 Å². The standard InChI is InChI=1S/C20H21F3N2O5S/c1-29-16-6-7-17(30-2)18(13-16)31(27,28)25-10-8-24(9-11-25)19(26)14-4-3-5-15(12-14)20(21,22)23/h3-7,12-13H,8-11H2,1-2H3. The average Bonchev–Trinajstić information content (AvgIpc) is 2.77. The second-order valence-electron chi connectivity index (χ2n) is 6.79. The first-order chi connectivity index (χ1) is 14.6. The minimum Gasteiger partial charge on any atom is -0.497 e. The molecule has 0 spiro atoms. The molecule has 1 aliphatic rings. The summed E-state index contributed by atoms with van der Waals surface area (Å²) in [5, 5.41) is 0. The third-order valence-corrected chi connectivity index (χ3v) is 6.87. The zero-order chi connectivity index (χ0) is 22.8. The fourth-order valence-electron chi connectivity index (χ4n) is 3.27. The number of halogens is 3. The van der Waals surface area contributed by atoms with Crippen molar-refractivity contribution in [3.63, 3.8) is 0 Å². The highest BCUT2D eigenvalue weighted by Gasteiger charge is 2.34. The topological polar surface area (TPSA) is 76.2 Å². The fraction of sp³-hybridized carbons (Fsp3) is 0.350. The van der Waals surface area contributed by atoms with Gasteiger partial charge >= 0.3 is 6.18 Å². The number of alkyl halides is 3.